The summed E-state index contributed by atoms with van der Waals surface area (Å²) in [4.78, 5) is 11.8. The molecule has 0 aliphatic carbocycles. The van der Waals surface area contributed by atoms with Gasteiger partial charge >= 0.3 is 0 Å². The first-order chi connectivity index (χ1) is 9.60. The Morgan fingerprint density at radius 1 is 1.40 bits per heavy atom. The Morgan fingerprint density at radius 2 is 2.10 bits per heavy atom. The lowest BCUT2D eigenvalue weighted by Crippen LogP contribution is -2.38. The summed E-state index contributed by atoms with van der Waals surface area (Å²) in [6.07, 6.45) is 0.242. The topological polar surface area (TPSA) is 73.6 Å². The van der Waals surface area contributed by atoms with Gasteiger partial charge in [-0.1, -0.05) is 25.1 Å². The average molecular weight is 280 g/mol. The number of methoxy groups -OCH3 is 1. The predicted octanol–water partition coefficient (Wildman–Crippen LogP) is 1.63. The standard InChI is InChI=1S/C15H24N2O3/c1-4-13(16)12-7-5-6-8-14(12)20-11(2)15(18)17-9-10-19-3/h5-8,11,13H,4,9-10,16H2,1-3H3,(H,17,18)/t11?,13-/m0/s1. The normalized spacial score (nSPS) is 13.6. The molecule has 0 saturated carbocycles. The molecule has 0 fully saturated rings. The minimum Gasteiger partial charge on any atom is -0.481 e. The lowest BCUT2D eigenvalue weighted by molar-refractivity contribution is -0.127. The monoisotopic (exact) mass is 280 g/mol. The summed E-state index contributed by atoms with van der Waals surface area (Å²) in [5.74, 6) is 0.498. The van der Waals surface area contributed by atoms with Crippen molar-refractivity contribution in [2.45, 2.75) is 32.4 Å². The molecule has 0 bridgehead atoms. The fraction of sp³-hybridized carbons (Fsp3) is 0.533. The van der Waals surface area contributed by atoms with Crippen molar-refractivity contribution >= 4 is 5.91 Å². The zero-order valence-electron chi connectivity index (χ0n) is 12.4. The Bertz CT molecular complexity index is 423. The van der Waals surface area contributed by atoms with E-state index in [-0.39, 0.29) is 11.9 Å². The van der Waals surface area contributed by atoms with E-state index < -0.39 is 6.10 Å². The maximum absolute atomic E-state index is 11.8. The Hall–Kier alpha value is -1.59. The van der Waals surface area contributed by atoms with Crippen molar-refractivity contribution in [3.63, 3.8) is 0 Å². The predicted molar refractivity (Wildman–Crippen MR) is 78.6 cm³/mol. The second-order valence-corrected chi connectivity index (χ2v) is 4.60. The third-order valence-corrected chi connectivity index (χ3v) is 3.04. The van der Waals surface area contributed by atoms with Gasteiger partial charge in [0.1, 0.15) is 5.75 Å². The molecule has 20 heavy (non-hydrogen) atoms. The molecule has 0 aromatic heterocycles. The third-order valence-electron chi connectivity index (χ3n) is 3.04. The number of carbonyl (C=O) groups excluding carboxylic acids is 1. The van der Waals surface area contributed by atoms with Crippen LogP contribution in [0.15, 0.2) is 24.3 Å². The van der Waals surface area contributed by atoms with Crippen LogP contribution in [0.1, 0.15) is 31.9 Å². The summed E-state index contributed by atoms with van der Waals surface area (Å²) < 4.78 is 10.6. The van der Waals surface area contributed by atoms with E-state index >= 15 is 0 Å². The van der Waals surface area contributed by atoms with Gasteiger partial charge in [0.25, 0.3) is 5.91 Å². The Labute approximate surface area is 120 Å². The summed E-state index contributed by atoms with van der Waals surface area (Å²) in [5, 5.41) is 2.75. The maximum atomic E-state index is 11.8. The quantitative estimate of drug-likeness (QED) is 0.710. The zero-order valence-corrected chi connectivity index (χ0v) is 12.4. The molecule has 1 rings (SSSR count). The molecular formula is C15H24N2O3. The molecule has 1 aromatic carbocycles. The molecule has 0 aliphatic rings. The van der Waals surface area contributed by atoms with E-state index in [1.54, 1.807) is 14.0 Å². The van der Waals surface area contributed by atoms with Crippen LogP contribution in [-0.4, -0.2) is 32.3 Å². The van der Waals surface area contributed by atoms with Gasteiger partial charge in [0.05, 0.1) is 6.61 Å². The second kappa shape index (κ2) is 8.55. The number of hydrogen-bond acceptors (Lipinski definition) is 4. The van der Waals surface area contributed by atoms with Gasteiger partial charge in [-0.3, -0.25) is 4.79 Å². The van der Waals surface area contributed by atoms with Crippen LogP contribution in [0.3, 0.4) is 0 Å². The van der Waals surface area contributed by atoms with Gasteiger partial charge in [-0.05, 0) is 19.4 Å². The van der Waals surface area contributed by atoms with E-state index in [2.05, 4.69) is 5.32 Å². The third kappa shape index (κ3) is 4.83. The van der Waals surface area contributed by atoms with E-state index in [1.807, 2.05) is 31.2 Å². The van der Waals surface area contributed by atoms with Crippen LogP contribution in [0.2, 0.25) is 0 Å². The highest BCUT2D eigenvalue weighted by Gasteiger charge is 2.17. The SMILES string of the molecule is CC[C@H](N)c1ccccc1OC(C)C(=O)NCCOC. The van der Waals surface area contributed by atoms with E-state index in [9.17, 15) is 4.79 Å². The second-order valence-electron chi connectivity index (χ2n) is 4.60. The number of benzene rings is 1. The van der Waals surface area contributed by atoms with Crippen molar-refractivity contribution in [2.24, 2.45) is 5.73 Å². The Morgan fingerprint density at radius 3 is 2.75 bits per heavy atom. The van der Waals surface area contributed by atoms with Gasteiger partial charge in [0.2, 0.25) is 0 Å². The molecule has 0 radical (unpaired) electrons. The summed E-state index contributed by atoms with van der Waals surface area (Å²) in [6, 6.07) is 7.47. The van der Waals surface area contributed by atoms with Crippen molar-refractivity contribution in [2.75, 3.05) is 20.3 Å². The summed E-state index contributed by atoms with van der Waals surface area (Å²) in [7, 11) is 1.59. The molecule has 3 N–H and O–H groups in total. The molecule has 0 aliphatic heterocycles. The molecule has 0 spiro atoms. The largest absolute Gasteiger partial charge is 0.481 e. The Kier molecular flexibility index (Phi) is 7.04. The minimum absolute atomic E-state index is 0.0880. The first-order valence-corrected chi connectivity index (χ1v) is 6.88. The summed E-state index contributed by atoms with van der Waals surface area (Å²) in [5.41, 5.74) is 6.97. The van der Waals surface area contributed by atoms with Crippen LogP contribution < -0.4 is 15.8 Å². The first-order valence-electron chi connectivity index (χ1n) is 6.88. The number of rotatable bonds is 8. The van der Waals surface area contributed by atoms with Gasteiger partial charge in [0, 0.05) is 25.3 Å². The highest BCUT2D eigenvalue weighted by Crippen LogP contribution is 2.26. The maximum Gasteiger partial charge on any atom is 0.260 e. The highest BCUT2D eigenvalue weighted by atomic mass is 16.5. The van der Waals surface area contributed by atoms with Gasteiger partial charge in [-0.2, -0.15) is 0 Å². The van der Waals surface area contributed by atoms with Crippen LogP contribution in [0.4, 0.5) is 0 Å². The molecule has 2 atom stereocenters. The summed E-state index contributed by atoms with van der Waals surface area (Å²) in [6.45, 7) is 4.69. The lowest BCUT2D eigenvalue weighted by Gasteiger charge is -2.19. The van der Waals surface area contributed by atoms with E-state index in [0.717, 1.165) is 12.0 Å². The van der Waals surface area contributed by atoms with E-state index in [1.165, 1.54) is 0 Å². The number of ether oxygens (including phenoxy) is 2. The van der Waals surface area contributed by atoms with Gasteiger partial charge < -0.3 is 20.5 Å². The van der Waals surface area contributed by atoms with Crippen LogP contribution in [0.25, 0.3) is 0 Å². The van der Waals surface area contributed by atoms with Crippen LogP contribution in [0.5, 0.6) is 5.75 Å². The Balaban J connectivity index is 2.65. The molecule has 1 aromatic rings. The molecule has 5 heteroatoms. The van der Waals surface area contributed by atoms with Crippen molar-refractivity contribution in [3.05, 3.63) is 29.8 Å². The number of nitrogens with two attached hydrogens (primary N) is 1. The first kappa shape index (κ1) is 16.5. The van der Waals surface area contributed by atoms with E-state index in [0.29, 0.717) is 18.9 Å². The van der Waals surface area contributed by atoms with Crippen molar-refractivity contribution < 1.29 is 14.3 Å². The van der Waals surface area contributed by atoms with Crippen LogP contribution >= 0.6 is 0 Å². The lowest BCUT2D eigenvalue weighted by atomic mass is 10.0. The highest BCUT2D eigenvalue weighted by molar-refractivity contribution is 5.80. The molecular weight excluding hydrogens is 256 g/mol. The molecule has 112 valence electrons. The van der Waals surface area contributed by atoms with Crippen molar-refractivity contribution in [3.8, 4) is 5.75 Å². The van der Waals surface area contributed by atoms with E-state index in [4.69, 9.17) is 15.2 Å². The fourth-order valence-corrected chi connectivity index (χ4v) is 1.78. The molecule has 0 heterocycles. The number of para-hydroxylation sites is 1. The van der Waals surface area contributed by atoms with Crippen molar-refractivity contribution in [1.82, 2.24) is 5.32 Å². The number of amides is 1. The smallest absolute Gasteiger partial charge is 0.260 e. The van der Waals surface area contributed by atoms with Gasteiger partial charge in [-0.25, -0.2) is 0 Å². The van der Waals surface area contributed by atoms with Gasteiger partial charge in [-0.15, -0.1) is 0 Å². The summed E-state index contributed by atoms with van der Waals surface area (Å²) >= 11 is 0. The van der Waals surface area contributed by atoms with Crippen molar-refractivity contribution in [1.29, 1.82) is 0 Å². The fourth-order valence-electron chi connectivity index (χ4n) is 1.78. The number of hydrogen-bond donors (Lipinski definition) is 2. The zero-order chi connectivity index (χ0) is 15.0. The number of carbonyl (C=O) groups is 1. The van der Waals surface area contributed by atoms with Crippen LogP contribution in [-0.2, 0) is 9.53 Å². The van der Waals surface area contributed by atoms with Crippen LogP contribution in [0, 0.1) is 0 Å². The average Bonchev–Trinajstić information content (AvgIpc) is 2.47. The molecule has 5 nitrogen and oxygen atoms in total. The molecule has 1 unspecified atom stereocenters. The van der Waals surface area contributed by atoms with Gasteiger partial charge in [0.15, 0.2) is 6.10 Å². The molecule has 0 saturated heterocycles. The number of nitrogens with one attached hydrogen (secondary N) is 1. The minimum atomic E-state index is -0.572. The molecule has 1 amide bonds.